The molecule has 1 aromatic heterocycles. The van der Waals surface area contributed by atoms with Gasteiger partial charge in [0.25, 0.3) is 0 Å². The number of benzene rings is 3. The van der Waals surface area contributed by atoms with Crippen molar-refractivity contribution in [3.63, 3.8) is 0 Å². The molecule has 3 aliphatic heterocycles. The maximum absolute atomic E-state index is 16.7. The van der Waals surface area contributed by atoms with E-state index < -0.39 is 11.6 Å². The minimum Gasteiger partial charge on any atom is -0.508 e. The third-order valence-electron chi connectivity index (χ3n) is 9.48. The minimum atomic E-state index is -0.854. The van der Waals surface area contributed by atoms with Crippen LogP contribution in [0.25, 0.3) is 32.8 Å². The number of phenolic OH excluding ortho intramolecular Hbond substituents is 1. The van der Waals surface area contributed by atoms with Gasteiger partial charge < -0.3 is 25.4 Å². The van der Waals surface area contributed by atoms with Crippen LogP contribution < -0.4 is 20.3 Å². The molecule has 7 nitrogen and oxygen atoms in total. The van der Waals surface area contributed by atoms with Crippen LogP contribution in [-0.4, -0.2) is 57.9 Å². The number of hydrogen-bond donors (Lipinski definition) is 3. The Morgan fingerprint density at radius 2 is 2.00 bits per heavy atom. The summed E-state index contributed by atoms with van der Waals surface area (Å²) in [5.74, 6) is -1.31. The third kappa shape index (κ3) is 4.53. The first-order chi connectivity index (χ1) is 20.0. The molecule has 0 amide bonds. The molecule has 4 atom stereocenters. The number of rotatable bonds is 5. The van der Waals surface area contributed by atoms with Crippen molar-refractivity contribution >= 4 is 39.1 Å². The van der Waals surface area contributed by atoms with Crippen LogP contribution in [0.4, 0.5) is 14.6 Å². The number of nitrogens with zero attached hydrogens (tertiary/aromatic N) is 3. The van der Waals surface area contributed by atoms with E-state index in [-0.39, 0.29) is 57.0 Å². The Hall–Kier alpha value is -3.27. The molecule has 3 N–H and O–H groups in total. The van der Waals surface area contributed by atoms with Crippen molar-refractivity contribution in [1.82, 2.24) is 20.6 Å². The Bertz CT molecular complexity index is 1730. The second kappa shape index (κ2) is 9.89. The van der Waals surface area contributed by atoms with Crippen LogP contribution in [0.5, 0.6) is 11.8 Å². The van der Waals surface area contributed by atoms with E-state index in [0.29, 0.717) is 34.7 Å². The summed E-state index contributed by atoms with van der Waals surface area (Å²) in [6.45, 7) is 8.43. The van der Waals surface area contributed by atoms with Crippen molar-refractivity contribution in [1.29, 1.82) is 0 Å². The van der Waals surface area contributed by atoms with Crippen LogP contribution in [0, 0.1) is 11.6 Å². The van der Waals surface area contributed by atoms with Gasteiger partial charge in [0.15, 0.2) is 5.82 Å². The zero-order valence-electron chi connectivity index (χ0n) is 23.9. The molecule has 0 aliphatic carbocycles. The van der Waals surface area contributed by atoms with E-state index in [4.69, 9.17) is 21.3 Å². The van der Waals surface area contributed by atoms with Gasteiger partial charge in [0.1, 0.15) is 29.0 Å². The van der Waals surface area contributed by atoms with Crippen LogP contribution in [0.15, 0.2) is 36.4 Å². The fourth-order valence-corrected chi connectivity index (χ4v) is 7.41. The minimum absolute atomic E-state index is 0.0392. The number of nitrogens with one attached hydrogen (secondary N) is 2. The maximum atomic E-state index is 16.7. The highest BCUT2D eigenvalue weighted by atomic mass is 35.5. The summed E-state index contributed by atoms with van der Waals surface area (Å²) in [5, 5.41) is 19.3. The van der Waals surface area contributed by atoms with E-state index in [2.05, 4.69) is 34.4 Å². The highest BCUT2D eigenvalue weighted by Gasteiger charge is 2.42. The van der Waals surface area contributed by atoms with Crippen molar-refractivity contribution in [3.8, 4) is 22.9 Å². The fourth-order valence-electron chi connectivity index (χ4n) is 7.12. The zero-order chi connectivity index (χ0) is 29.4. The third-order valence-corrected chi connectivity index (χ3v) is 9.80. The van der Waals surface area contributed by atoms with E-state index in [0.717, 1.165) is 32.2 Å². The van der Waals surface area contributed by atoms with E-state index in [1.807, 2.05) is 6.92 Å². The van der Waals surface area contributed by atoms with Crippen molar-refractivity contribution < 1.29 is 18.6 Å². The quantitative estimate of drug-likeness (QED) is 0.249. The van der Waals surface area contributed by atoms with Gasteiger partial charge in [-0.1, -0.05) is 23.7 Å². The Morgan fingerprint density at radius 3 is 2.76 bits per heavy atom. The van der Waals surface area contributed by atoms with Gasteiger partial charge in [-0.2, -0.15) is 9.97 Å². The van der Waals surface area contributed by atoms with Crippen molar-refractivity contribution in [2.24, 2.45) is 0 Å². The Kier molecular flexibility index (Phi) is 6.49. The summed E-state index contributed by atoms with van der Waals surface area (Å²) < 4.78 is 39.2. The number of halogens is 3. The fraction of sp³-hybridized carbons (Fsp3) is 0.438. The van der Waals surface area contributed by atoms with Gasteiger partial charge in [-0.15, -0.1) is 0 Å². The molecule has 4 heterocycles. The largest absolute Gasteiger partial charge is 0.508 e. The predicted molar refractivity (Wildman–Crippen MR) is 162 cm³/mol. The Morgan fingerprint density at radius 1 is 1.17 bits per heavy atom. The van der Waals surface area contributed by atoms with Crippen LogP contribution in [-0.2, 0) is 0 Å². The van der Waals surface area contributed by atoms with Crippen LogP contribution in [0.3, 0.4) is 0 Å². The first-order valence-corrected chi connectivity index (χ1v) is 15.0. The van der Waals surface area contributed by atoms with Gasteiger partial charge in [-0.25, -0.2) is 8.78 Å². The van der Waals surface area contributed by atoms with Gasteiger partial charge in [-0.3, -0.25) is 0 Å². The van der Waals surface area contributed by atoms with E-state index >= 15 is 8.78 Å². The van der Waals surface area contributed by atoms with E-state index in [9.17, 15) is 5.11 Å². The lowest BCUT2D eigenvalue weighted by Crippen LogP contribution is -2.58. The summed E-state index contributed by atoms with van der Waals surface area (Å²) in [5.41, 5.74) is -0.591. The van der Waals surface area contributed by atoms with Crippen molar-refractivity contribution in [2.75, 3.05) is 24.5 Å². The summed E-state index contributed by atoms with van der Waals surface area (Å²) >= 11 is 6.53. The van der Waals surface area contributed by atoms with Crippen molar-refractivity contribution in [2.45, 2.75) is 69.7 Å². The molecule has 0 radical (unpaired) electrons. The van der Waals surface area contributed by atoms with Gasteiger partial charge in [0.2, 0.25) is 0 Å². The second-order valence-electron chi connectivity index (χ2n) is 12.6. The van der Waals surface area contributed by atoms with Gasteiger partial charge in [0.05, 0.1) is 11.1 Å². The molecular formula is C32H34ClF2N5O2. The SMILES string of the molecule is CC(Oc1nc(N2C[C@H]3CC[C@](C)(C2)N3)c2cc(F)c(-c3cc(O)cc4cccc(Cl)c34)c(F)c2n1)[C@]1(C)CCCN1. The van der Waals surface area contributed by atoms with E-state index in [1.165, 1.54) is 18.2 Å². The molecule has 0 spiro atoms. The lowest BCUT2D eigenvalue weighted by Gasteiger charge is -2.40. The highest BCUT2D eigenvalue weighted by molar-refractivity contribution is 6.36. The molecule has 42 heavy (non-hydrogen) atoms. The summed E-state index contributed by atoms with van der Waals surface area (Å²) in [6.07, 6.45) is 3.71. The molecule has 3 aliphatic rings. The summed E-state index contributed by atoms with van der Waals surface area (Å²) in [6, 6.07) is 9.59. The number of aromatic nitrogens is 2. The first kappa shape index (κ1) is 27.6. The smallest absolute Gasteiger partial charge is 0.319 e. The number of ether oxygens (including phenoxy) is 1. The number of hydrogen-bond acceptors (Lipinski definition) is 7. The van der Waals surface area contributed by atoms with Gasteiger partial charge in [-0.05, 0) is 82.7 Å². The molecule has 7 rings (SSSR count). The van der Waals surface area contributed by atoms with Crippen LogP contribution >= 0.6 is 11.6 Å². The van der Waals surface area contributed by atoms with E-state index in [1.54, 1.807) is 18.2 Å². The molecule has 4 aromatic rings. The number of fused-ring (bicyclic) bond motifs is 4. The monoisotopic (exact) mass is 593 g/mol. The molecule has 1 unspecified atom stereocenters. The standard InChI is InChI=1S/C32H34ClF2N5O2/c1-17(32(3)9-5-11-36-32)42-30-37-28-22(29(38-30)40-15-19-8-10-31(2,16-40)39-19)14-24(34)26(27(28)35)21-13-20(41)12-18-6-4-7-23(33)25(18)21/h4,6-7,12-14,17,19,36,39,41H,5,8-11,15-16H2,1-3H3/t17?,19-,31-,32+/m1/s1. The predicted octanol–water partition coefficient (Wildman–Crippen LogP) is 6.33. The maximum Gasteiger partial charge on any atom is 0.319 e. The molecule has 220 valence electrons. The highest BCUT2D eigenvalue weighted by Crippen LogP contribution is 2.43. The average molecular weight is 594 g/mol. The van der Waals surface area contributed by atoms with Crippen molar-refractivity contribution in [3.05, 3.63) is 53.1 Å². The summed E-state index contributed by atoms with van der Waals surface area (Å²) in [7, 11) is 0. The molecule has 3 aromatic carbocycles. The Labute approximate surface area is 248 Å². The molecule has 10 heteroatoms. The lowest BCUT2D eigenvalue weighted by molar-refractivity contribution is 0.111. The second-order valence-corrected chi connectivity index (χ2v) is 13.0. The molecule has 2 bridgehead atoms. The number of anilines is 1. The molecule has 3 fully saturated rings. The average Bonchev–Trinajstić information content (AvgIpc) is 3.50. The summed E-state index contributed by atoms with van der Waals surface area (Å²) in [4.78, 5) is 11.5. The zero-order valence-corrected chi connectivity index (χ0v) is 24.7. The molecular weight excluding hydrogens is 560 g/mol. The number of phenols is 1. The first-order valence-electron chi connectivity index (χ1n) is 14.6. The lowest BCUT2D eigenvalue weighted by atomic mass is 9.94. The molecule has 0 saturated carbocycles. The number of aromatic hydroxyl groups is 1. The molecule has 3 saturated heterocycles. The van der Waals surface area contributed by atoms with Crippen LogP contribution in [0.2, 0.25) is 5.02 Å². The topological polar surface area (TPSA) is 82.5 Å². The van der Waals surface area contributed by atoms with Crippen LogP contribution in [0.1, 0.15) is 46.5 Å². The van der Waals surface area contributed by atoms with Gasteiger partial charge >= 0.3 is 6.01 Å². The normalized spacial score (nSPS) is 26.3. The number of piperazine rings is 1. The Balaban J connectivity index is 1.43. The van der Waals surface area contributed by atoms with Gasteiger partial charge in [0, 0.05) is 46.0 Å².